The molecule has 0 N–H and O–H groups in total. The summed E-state index contributed by atoms with van der Waals surface area (Å²) in [7, 11) is 0. The van der Waals surface area contributed by atoms with Crippen LogP contribution in [-0.2, 0) is 0 Å². The second-order valence-corrected chi connectivity index (χ2v) is 3.79. The molecule has 0 aliphatic carbocycles. The van der Waals surface area contributed by atoms with Gasteiger partial charge in [-0.2, -0.15) is 0 Å². The predicted octanol–water partition coefficient (Wildman–Crippen LogP) is 2.61. The van der Waals surface area contributed by atoms with Crippen molar-refractivity contribution in [3.8, 4) is 0 Å². The van der Waals surface area contributed by atoms with E-state index >= 15 is 0 Å². The maximum absolute atomic E-state index is 11.9. The van der Waals surface area contributed by atoms with Crippen molar-refractivity contribution in [3.05, 3.63) is 35.9 Å². The van der Waals surface area contributed by atoms with Crippen LogP contribution in [0.25, 0.3) is 0 Å². The van der Waals surface area contributed by atoms with Gasteiger partial charge in [0.1, 0.15) is 0 Å². The van der Waals surface area contributed by atoms with E-state index in [9.17, 15) is 4.79 Å². The van der Waals surface area contributed by atoms with E-state index in [0.29, 0.717) is 30.4 Å². The number of alkyl halides is 2. The number of rotatable bonds is 5. The van der Waals surface area contributed by atoms with E-state index in [1.807, 2.05) is 18.2 Å². The van der Waals surface area contributed by atoms with Gasteiger partial charge in [-0.05, 0) is 12.1 Å². The lowest BCUT2D eigenvalue weighted by Crippen LogP contribution is -2.34. The quantitative estimate of drug-likeness (QED) is 0.731. The fraction of sp³-hybridized carbons (Fsp3) is 0.364. The van der Waals surface area contributed by atoms with E-state index < -0.39 is 0 Å². The topological polar surface area (TPSA) is 20.3 Å². The van der Waals surface area contributed by atoms with Crippen LogP contribution in [0.4, 0.5) is 0 Å². The number of halogens is 2. The standard InChI is InChI=1S/C11H13Cl2NO/c12-6-8-14(9-7-13)11(15)10-4-2-1-3-5-10/h1-5H,6-9H2. The Morgan fingerprint density at radius 2 is 1.60 bits per heavy atom. The van der Waals surface area contributed by atoms with Gasteiger partial charge in [-0.1, -0.05) is 18.2 Å². The molecule has 0 atom stereocenters. The third-order valence-corrected chi connectivity index (χ3v) is 2.35. The fourth-order valence-corrected chi connectivity index (χ4v) is 1.69. The summed E-state index contributed by atoms with van der Waals surface area (Å²) < 4.78 is 0. The minimum Gasteiger partial charge on any atom is -0.336 e. The first kappa shape index (κ1) is 12.3. The Hall–Kier alpha value is -0.730. The van der Waals surface area contributed by atoms with Gasteiger partial charge in [-0.15, -0.1) is 23.2 Å². The number of nitrogens with zero attached hydrogens (tertiary/aromatic N) is 1. The summed E-state index contributed by atoms with van der Waals surface area (Å²) in [6, 6.07) is 9.14. The summed E-state index contributed by atoms with van der Waals surface area (Å²) in [6.07, 6.45) is 0. The van der Waals surface area contributed by atoms with Gasteiger partial charge in [0, 0.05) is 30.4 Å². The first-order chi connectivity index (χ1) is 7.29. The first-order valence-corrected chi connectivity index (χ1v) is 5.82. The summed E-state index contributed by atoms with van der Waals surface area (Å²) >= 11 is 11.3. The molecule has 0 bridgehead atoms. The molecule has 15 heavy (non-hydrogen) atoms. The van der Waals surface area contributed by atoms with E-state index in [4.69, 9.17) is 23.2 Å². The molecule has 0 spiro atoms. The molecule has 1 rings (SSSR count). The second-order valence-electron chi connectivity index (χ2n) is 3.04. The minimum atomic E-state index is -0.0168. The van der Waals surface area contributed by atoms with E-state index in [-0.39, 0.29) is 5.91 Å². The Morgan fingerprint density at radius 1 is 1.07 bits per heavy atom. The van der Waals surface area contributed by atoms with Crippen molar-refractivity contribution in [2.45, 2.75) is 0 Å². The molecule has 0 fully saturated rings. The van der Waals surface area contributed by atoms with Gasteiger partial charge in [0.2, 0.25) is 0 Å². The van der Waals surface area contributed by atoms with Crippen LogP contribution >= 0.6 is 23.2 Å². The lowest BCUT2D eigenvalue weighted by Gasteiger charge is -2.20. The van der Waals surface area contributed by atoms with E-state index in [1.165, 1.54) is 0 Å². The number of amides is 1. The monoisotopic (exact) mass is 245 g/mol. The van der Waals surface area contributed by atoms with Crippen molar-refractivity contribution < 1.29 is 4.79 Å². The average Bonchev–Trinajstić information content (AvgIpc) is 2.29. The van der Waals surface area contributed by atoms with Crippen LogP contribution in [0, 0.1) is 0 Å². The average molecular weight is 246 g/mol. The highest BCUT2D eigenvalue weighted by atomic mass is 35.5. The highest BCUT2D eigenvalue weighted by Crippen LogP contribution is 2.05. The van der Waals surface area contributed by atoms with Gasteiger partial charge >= 0.3 is 0 Å². The normalized spacial score (nSPS) is 10.0. The molecule has 82 valence electrons. The van der Waals surface area contributed by atoms with Gasteiger partial charge in [-0.25, -0.2) is 0 Å². The summed E-state index contributed by atoms with van der Waals surface area (Å²) in [4.78, 5) is 13.6. The summed E-state index contributed by atoms with van der Waals surface area (Å²) in [5.74, 6) is 0.835. The highest BCUT2D eigenvalue weighted by molar-refractivity contribution is 6.18. The molecule has 0 heterocycles. The van der Waals surface area contributed by atoms with E-state index in [1.54, 1.807) is 17.0 Å². The van der Waals surface area contributed by atoms with E-state index in [0.717, 1.165) is 0 Å². The molecule has 1 amide bonds. The Bertz CT molecular complexity index is 297. The van der Waals surface area contributed by atoms with Gasteiger partial charge in [0.05, 0.1) is 0 Å². The molecule has 0 saturated heterocycles. The lowest BCUT2D eigenvalue weighted by atomic mass is 10.2. The fourth-order valence-electron chi connectivity index (χ4n) is 1.28. The molecule has 0 aliphatic heterocycles. The van der Waals surface area contributed by atoms with Crippen molar-refractivity contribution in [3.63, 3.8) is 0 Å². The molecular formula is C11H13Cl2NO. The van der Waals surface area contributed by atoms with Crippen LogP contribution in [0.3, 0.4) is 0 Å². The third-order valence-electron chi connectivity index (χ3n) is 2.02. The van der Waals surface area contributed by atoms with Crippen molar-refractivity contribution in [1.29, 1.82) is 0 Å². The summed E-state index contributed by atoms with van der Waals surface area (Å²) in [6.45, 7) is 1.06. The van der Waals surface area contributed by atoms with Gasteiger partial charge in [-0.3, -0.25) is 4.79 Å². The Morgan fingerprint density at radius 3 is 2.07 bits per heavy atom. The van der Waals surface area contributed by atoms with Crippen LogP contribution in [0.5, 0.6) is 0 Å². The molecule has 0 aliphatic rings. The van der Waals surface area contributed by atoms with Gasteiger partial charge < -0.3 is 4.90 Å². The SMILES string of the molecule is O=C(c1ccccc1)N(CCCl)CCCl. The third kappa shape index (κ3) is 3.73. The maximum atomic E-state index is 11.9. The van der Waals surface area contributed by atoms with Crippen LogP contribution in [0.15, 0.2) is 30.3 Å². The van der Waals surface area contributed by atoms with E-state index in [2.05, 4.69) is 0 Å². The molecule has 1 aromatic rings. The highest BCUT2D eigenvalue weighted by Gasteiger charge is 2.13. The van der Waals surface area contributed by atoms with Gasteiger partial charge in [0.15, 0.2) is 0 Å². The largest absolute Gasteiger partial charge is 0.336 e. The number of hydrogen-bond donors (Lipinski definition) is 0. The number of benzene rings is 1. The maximum Gasteiger partial charge on any atom is 0.253 e. The van der Waals surface area contributed by atoms with Crippen LogP contribution in [0.1, 0.15) is 10.4 Å². The minimum absolute atomic E-state index is 0.0168. The molecule has 0 radical (unpaired) electrons. The molecule has 2 nitrogen and oxygen atoms in total. The van der Waals surface area contributed by atoms with Crippen molar-refractivity contribution in [2.75, 3.05) is 24.8 Å². The number of carbonyl (C=O) groups excluding carboxylic acids is 1. The zero-order valence-electron chi connectivity index (χ0n) is 8.33. The molecular weight excluding hydrogens is 233 g/mol. The number of carbonyl (C=O) groups is 1. The summed E-state index contributed by atoms with van der Waals surface area (Å²) in [5, 5.41) is 0. The van der Waals surface area contributed by atoms with Crippen molar-refractivity contribution >= 4 is 29.1 Å². The Labute approximate surface area is 99.8 Å². The molecule has 4 heteroatoms. The predicted molar refractivity (Wildman–Crippen MR) is 63.8 cm³/mol. The molecule has 1 aromatic carbocycles. The molecule has 0 unspecified atom stereocenters. The second kappa shape index (κ2) is 6.70. The Kier molecular flexibility index (Phi) is 5.51. The zero-order valence-corrected chi connectivity index (χ0v) is 9.84. The Balaban J connectivity index is 2.71. The van der Waals surface area contributed by atoms with Crippen molar-refractivity contribution in [1.82, 2.24) is 4.90 Å². The number of hydrogen-bond acceptors (Lipinski definition) is 1. The molecule has 0 saturated carbocycles. The molecule has 0 aromatic heterocycles. The summed E-state index contributed by atoms with van der Waals surface area (Å²) in [5.41, 5.74) is 0.674. The van der Waals surface area contributed by atoms with Gasteiger partial charge in [0.25, 0.3) is 5.91 Å². The zero-order chi connectivity index (χ0) is 11.1. The smallest absolute Gasteiger partial charge is 0.253 e. The van der Waals surface area contributed by atoms with Crippen LogP contribution in [0.2, 0.25) is 0 Å². The van der Waals surface area contributed by atoms with Crippen LogP contribution in [-0.4, -0.2) is 35.7 Å². The van der Waals surface area contributed by atoms with Crippen molar-refractivity contribution in [2.24, 2.45) is 0 Å². The van der Waals surface area contributed by atoms with Crippen LogP contribution < -0.4 is 0 Å². The lowest BCUT2D eigenvalue weighted by molar-refractivity contribution is 0.0775. The first-order valence-electron chi connectivity index (χ1n) is 4.76.